The fraction of sp³-hybridized carbons (Fsp3) is 0.154. The molecule has 0 saturated carbocycles. The normalized spacial score (nSPS) is 10.9. The molecule has 0 aromatic heterocycles. The maximum absolute atomic E-state index is 12.6. The second-order valence-corrected chi connectivity index (χ2v) is 7.85. The molecule has 0 aliphatic carbocycles. The first-order valence-corrected chi connectivity index (χ1v) is 11.0. The number of benzene rings is 3. The van der Waals surface area contributed by atoms with E-state index in [0.717, 1.165) is 11.1 Å². The highest BCUT2D eigenvalue weighted by molar-refractivity contribution is 6.32. The third-order valence-electron chi connectivity index (χ3n) is 4.83. The minimum absolute atomic E-state index is 0.0665. The largest absolute Gasteiger partial charge is 0.497 e. The van der Waals surface area contributed by atoms with Crippen molar-refractivity contribution in [3.63, 3.8) is 0 Å². The Labute approximate surface area is 203 Å². The molecule has 0 bridgehead atoms. The second-order valence-electron chi connectivity index (χ2n) is 7.03. The molecule has 0 fully saturated rings. The van der Waals surface area contributed by atoms with Crippen LogP contribution in [0.3, 0.4) is 0 Å². The van der Waals surface area contributed by atoms with E-state index in [1.165, 1.54) is 6.08 Å². The van der Waals surface area contributed by atoms with Crippen LogP contribution in [0.25, 0.3) is 6.08 Å². The smallest absolute Gasteiger partial charge is 0.266 e. The van der Waals surface area contributed by atoms with Crippen molar-refractivity contribution in [2.75, 3.05) is 19.0 Å². The third-order valence-corrected chi connectivity index (χ3v) is 5.53. The van der Waals surface area contributed by atoms with E-state index < -0.39 is 5.91 Å². The van der Waals surface area contributed by atoms with Crippen LogP contribution in [0, 0.1) is 11.3 Å². The standard InChI is InChI=1S/C26H22Cl2N2O3/c1-3-33-25-14-17(13-24(28)22(25)15-18-6-4-5-7-23(18)27)12-19(16-29)26(31)30-20-8-10-21(32-2)11-9-20/h4-14H,3,15H2,1-2H3,(H,30,31)/b19-12+. The maximum atomic E-state index is 12.6. The summed E-state index contributed by atoms with van der Waals surface area (Å²) in [7, 11) is 1.56. The van der Waals surface area contributed by atoms with Crippen molar-refractivity contribution in [2.45, 2.75) is 13.3 Å². The van der Waals surface area contributed by atoms with Gasteiger partial charge >= 0.3 is 0 Å². The number of methoxy groups -OCH3 is 1. The molecular formula is C26H22Cl2N2O3. The first kappa shape index (κ1) is 24.2. The number of carbonyl (C=O) groups excluding carboxylic acids is 1. The number of halogens is 2. The van der Waals surface area contributed by atoms with Crippen LogP contribution in [0.15, 0.2) is 66.2 Å². The van der Waals surface area contributed by atoms with Crippen molar-refractivity contribution in [3.8, 4) is 17.6 Å². The number of amides is 1. The van der Waals surface area contributed by atoms with Gasteiger partial charge < -0.3 is 14.8 Å². The molecule has 168 valence electrons. The van der Waals surface area contributed by atoms with Gasteiger partial charge in [0.1, 0.15) is 23.1 Å². The lowest BCUT2D eigenvalue weighted by Crippen LogP contribution is -2.13. The number of nitrogens with zero attached hydrogens (tertiary/aromatic N) is 1. The Hall–Kier alpha value is -3.46. The van der Waals surface area contributed by atoms with Crippen molar-refractivity contribution >= 4 is 40.9 Å². The minimum Gasteiger partial charge on any atom is -0.497 e. The topological polar surface area (TPSA) is 71.3 Å². The quantitative estimate of drug-likeness (QED) is 0.293. The monoisotopic (exact) mass is 480 g/mol. The van der Waals surface area contributed by atoms with E-state index in [1.54, 1.807) is 43.5 Å². The number of rotatable bonds is 8. The van der Waals surface area contributed by atoms with Crippen LogP contribution in [0.2, 0.25) is 10.0 Å². The Morgan fingerprint density at radius 1 is 1.09 bits per heavy atom. The molecule has 0 unspecified atom stereocenters. The van der Waals surface area contributed by atoms with Gasteiger partial charge in [-0.15, -0.1) is 0 Å². The molecular weight excluding hydrogens is 459 g/mol. The minimum atomic E-state index is -0.531. The molecule has 0 aliphatic heterocycles. The molecule has 3 aromatic carbocycles. The Bertz CT molecular complexity index is 1220. The zero-order valence-corrected chi connectivity index (χ0v) is 19.7. The molecule has 0 atom stereocenters. The van der Waals surface area contributed by atoms with Gasteiger partial charge in [0.25, 0.3) is 5.91 Å². The summed E-state index contributed by atoms with van der Waals surface area (Å²) in [5.74, 6) is 0.708. The van der Waals surface area contributed by atoms with E-state index in [1.807, 2.05) is 37.3 Å². The van der Waals surface area contributed by atoms with Crippen molar-refractivity contribution in [2.24, 2.45) is 0 Å². The highest BCUT2D eigenvalue weighted by Crippen LogP contribution is 2.33. The van der Waals surface area contributed by atoms with Crippen LogP contribution in [0.4, 0.5) is 5.69 Å². The van der Waals surface area contributed by atoms with Gasteiger partial charge in [-0.05, 0) is 66.6 Å². The van der Waals surface area contributed by atoms with Gasteiger partial charge in [-0.2, -0.15) is 5.26 Å². The van der Waals surface area contributed by atoms with Crippen LogP contribution >= 0.6 is 23.2 Å². The van der Waals surface area contributed by atoms with Crippen molar-refractivity contribution in [1.82, 2.24) is 0 Å². The average molecular weight is 481 g/mol. The number of anilines is 1. The second kappa shape index (κ2) is 11.4. The number of nitrogens with one attached hydrogen (secondary N) is 1. The molecule has 1 N–H and O–H groups in total. The Morgan fingerprint density at radius 2 is 1.82 bits per heavy atom. The summed E-state index contributed by atoms with van der Waals surface area (Å²) < 4.78 is 10.9. The van der Waals surface area contributed by atoms with E-state index >= 15 is 0 Å². The van der Waals surface area contributed by atoms with Crippen molar-refractivity contribution in [3.05, 3.63) is 93.0 Å². The summed E-state index contributed by atoms with van der Waals surface area (Å²) in [5, 5.41) is 13.4. The highest BCUT2D eigenvalue weighted by Gasteiger charge is 2.15. The molecule has 7 heteroatoms. The van der Waals surface area contributed by atoms with Crippen LogP contribution in [0.5, 0.6) is 11.5 Å². The summed E-state index contributed by atoms with van der Waals surface area (Å²) in [6.45, 7) is 2.31. The van der Waals surface area contributed by atoms with Gasteiger partial charge in [0.2, 0.25) is 0 Å². The fourth-order valence-corrected chi connectivity index (χ4v) is 3.68. The van der Waals surface area contributed by atoms with E-state index in [0.29, 0.717) is 45.8 Å². The van der Waals surface area contributed by atoms with Crippen LogP contribution in [-0.4, -0.2) is 19.6 Å². The number of hydrogen-bond donors (Lipinski definition) is 1. The predicted molar refractivity (Wildman–Crippen MR) is 132 cm³/mol. The van der Waals surface area contributed by atoms with Gasteiger partial charge in [0, 0.05) is 27.7 Å². The zero-order chi connectivity index (χ0) is 23.8. The molecule has 5 nitrogen and oxygen atoms in total. The fourth-order valence-electron chi connectivity index (χ4n) is 3.19. The molecule has 33 heavy (non-hydrogen) atoms. The molecule has 3 rings (SSSR count). The zero-order valence-electron chi connectivity index (χ0n) is 18.2. The maximum Gasteiger partial charge on any atom is 0.266 e. The van der Waals surface area contributed by atoms with Gasteiger partial charge in [0.05, 0.1) is 13.7 Å². The van der Waals surface area contributed by atoms with E-state index in [9.17, 15) is 10.1 Å². The number of nitriles is 1. The highest BCUT2D eigenvalue weighted by atomic mass is 35.5. The van der Waals surface area contributed by atoms with Crippen molar-refractivity contribution < 1.29 is 14.3 Å². The molecule has 0 saturated heterocycles. The first-order valence-electron chi connectivity index (χ1n) is 10.2. The molecule has 1 amide bonds. The Kier molecular flexibility index (Phi) is 8.37. The number of ether oxygens (including phenoxy) is 2. The van der Waals surface area contributed by atoms with Crippen LogP contribution in [0.1, 0.15) is 23.6 Å². The summed E-state index contributed by atoms with van der Waals surface area (Å²) in [6, 6.07) is 19.8. The lowest BCUT2D eigenvalue weighted by Gasteiger charge is -2.14. The third kappa shape index (κ3) is 6.29. The van der Waals surface area contributed by atoms with Crippen LogP contribution in [-0.2, 0) is 11.2 Å². The predicted octanol–water partition coefficient (Wildman–Crippen LogP) is 6.54. The lowest BCUT2D eigenvalue weighted by atomic mass is 10.0. The lowest BCUT2D eigenvalue weighted by molar-refractivity contribution is -0.112. The van der Waals surface area contributed by atoms with Gasteiger partial charge in [-0.1, -0.05) is 41.4 Å². The SMILES string of the molecule is CCOc1cc(/C=C(\C#N)C(=O)Nc2ccc(OC)cc2)cc(Cl)c1Cc1ccccc1Cl. The van der Waals surface area contributed by atoms with Gasteiger partial charge in [-0.3, -0.25) is 4.79 Å². The molecule has 0 heterocycles. The Morgan fingerprint density at radius 3 is 2.45 bits per heavy atom. The van der Waals surface area contributed by atoms with Crippen LogP contribution < -0.4 is 14.8 Å². The average Bonchev–Trinajstić information content (AvgIpc) is 2.81. The van der Waals surface area contributed by atoms with E-state index in [4.69, 9.17) is 32.7 Å². The van der Waals surface area contributed by atoms with E-state index in [-0.39, 0.29) is 5.57 Å². The molecule has 0 aliphatic rings. The number of carbonyl (C=O) groups is 1. The first-order chi connectivity index (χ1) is 15.9. The van der Waals surface area contributed by atoms with Gasteiger partial charge in [0.15, 0.2) is 0 Å². The summed E-state index contributed by atoms with van der Waals surface area (Å²) in [4.78, 5) is 12.6. The van der Waals surface area contributed by atoms with Crippen molar-refractivity contribution in [1.29, 1.82) is 5.26 Å². The summed E-state index contributed by atoms with van der Waals surface area (Å²) >= 11 is 12.9. The van der Waals surface area contributed by atoms with Gasteiger partial charge in [-0.25, -0.2) is 0 Å². The Balaban J connectivity index is 1.89. The number of hydrogen-bond acceptors (Lipinski definition) is 4. The summed E-state index contributed by atoms with van der Waals surface area (Å²) in [5.41, 5.74) is 2.76. The molecule has 0 spiro atoms. The summed E-state index contributed by atoms with van der Waals surface area (Å²) in [6.07, 6.45) is 1.97. The molecule has 0 radical (unpaired) electrons. The molecule has 3 aromatic rings. The van der Waals surface area contributed by atoms with E-state index in [2.05, 4.69) is 5.32 Å².